The average molecular weight is 942 g/mol. The Kier molecular flexibility index (Phi) is 31.6. The van der Waals surface area contributed by atoms with Gasteiger partial charge in [0.25, 0.3) is 11.8 Å². The number of carbonyl (C=O) groups is 6. The lowest BCUT2D eigenvalue weighted by Gasteiger charge is -2.27. The van der Waals surface area contributed by atoms with E-state index in [9.17, 15) is 28.8 Å². The maximum atomic E-state index is 13.2. The molecule has 1 fully saturated rings. The first-order chi connectivity index (χ1) is 32.3. The van der Waals surface area contributed by atoms with Gasteiger partial charge in [-0.1, -0.05) is 19.4 Å². The summed E-state index contributed by atoms with van der Waals surface area (Å²) in [5.74, 6) is -2.93. The van der Waals surface area contributed by atoms with Crippen LogP contribution in [0.5, 0.6) is 0 Å². The number of nitrogens with zero attached hydrogens (tertiary/aromatic N) is 1. The Labute approximate surface area is 387 Å². The highest BCUT2D eigenvalue weighted by Crippen LogP contribution is 2.32. The Morgan fingerprint density at radius 3 is 1.44 bits per heavy atom. The number of fused-ring (bicyclic) bond motifs is 1. The number of hydrogen-bond donors (Lipinski definition) is 2. The van der Waals surface area contributed by atoms with E-state index in [-0.39, 0.29) is 54.6 Å². The number of unbranched alkanes of at least 4 members (excludes halogenated alkanes) is 2. The molecule has 5 amide bonds. The van der Waals surface area contributed by atoms with Crippen LogP contribution in [-0.2, 0) is 76.0 Å². The van der Waals surface area contributed by atoms with E-state index >= 15 is 0 Å². The summed E-state index contributed by atoms with van der Waals surface area (Å²) in [5.41, 5.74) is 0.371. The summed E-state index contributed by atoms with van der Waals surface area (Å²) in [4.78, 5) is 74.8. The van der Waals surface area contributed by atoms with Crippen LogP contribution in [-0.4, -0.2) is 198 Å². The minimum absolute atomic E-state index is 0.0247. The molecular formula is C45H71N3O18. The van der Waals surface area contributed by atoms with Gasteiger partial charge in [0.05, 0.1) is 156 Å². The van der Waals surface area contributed by atoms with Gasteiger partial charge in [0.1, 0.15) is 12.6 Å². The third-order valence-electron chi connectivity index (χ3n) is 9.60. The first-order valence-corrected chi connectivity index (χ1v) is 23.0. The molecule has 1 saturated heterocycles. The molecule has 0 radical (unpaired) electrons. The molecular weight excluding hydrogens is 870 g/mol. The number of piperidine rings is 1. The first-order valence-electron chi connectivity index (χ1n) is 23.0. The zero-order valence-corrected chi connectivity index (χ0v) is 38.5. The summed E-state index contributed by atoms with van der Waals surface area (Å²) in [5, 5.41) is 4.90. The predicted octanol–water partition coefficient (Wildman–Crippen LogP) is 2.11. The van der Waals surface area contributed by atoms with E-state index in [1.807, 2.05) is 6.92 Å². The summed E-state index contributed by atoms with van der Waals surface area (Å²) in [6.07, 6.45) is 3.62. The molecule has 21 nitrogen and oxygen atoms in total. The number of benzene rings is 1. The number of esters is 1. The monoisotopic (exact) mass is 941 g/mol. The van der Waals surface area contributed by atoms with E-state index < -0.39 is 29.7 Å². The molecule has 0 spiro atoms. The summed E-state index contributed by atoms with van der Waals surface area (Å²) in [6.45, 7) is 12.2. The fraction of sp³-hybridized carbons (Fsp3) is 0.733. The van der Waals surface area contributed by atoms with Crippen molar-refractivity contribution in [3.8, 4) is 0 Å². The highest BCUT2D eigenvalue weighted by Gasteiger charge is 2.45. The number of anilines is 1. The molecule has 2 N–H and O–H groups in total. The zero-order valence-electron chi connectivity index (χ0n) is 38.5. The van der Waals surface area contributed by atoms with Crippen LogP contribution in [0, 0.1) is 0 Å². The van der Waals surface area contributed by atoms with Crippen molar-refractivity contribution in [2.24, 2.45) is 0 Å². The van der Waals surface area contributed by atoms with Crippen molar-refractivity contribution in [1.82, 2.24) is 10.2 Å². The molecule has 0 aromatic heterocycles. The number of hydrogen-bond acceptors (Lipinski definition) is 18. The van der Waals surface area contributed by atoms with Crippen molar-refractivity contribution in [2.45, 2.75) is 64.3 Å². The quantitative estimate of drug-likeness (QED) is 0.0541. The molecule has 1 aromatic carbocycles. The molecule has 0 bridgehead atoms. The fourth-order valence-electron chi connectivity index (χ4n) is 6.29. The minimum atomic E-state index is -1.08. The number of imide groups is 2. The van der Waals surface area contributed by atoms with Gasteiger partial charge in [-0.15, -0.1) is 0 Å². The maximum Gasteiger partial charge on any atom is 0.305 e. The van der Waals surface area contributed by atoms with Crippen molar-refractivity contribution in [1.29, 1.82) is 0 Å². The van der Waals surface area contributed by atoms with Crippen LogP contribution in [0.4, 0.5) is 5.69 Å². The SMILES string of the molecule is CCCC(=O)OCCOCCOCCOCCOCCOCCOCCOCCOCCOCCOCCOCCCCCC(=O)Nc1cccc2c1C(=O)N(C1CCC(=O)NC1=O)C2=O. The van der Waals surface area contributed by atoms with E-state index in [0.29, 0.717) is 158 Å². The van der Waals surface area contributed by atoms with Crippen LogP contribution in [0.3, 0.4) is 0 Å². The summed E-state index contributed by atoms with van der Waals surface area (Å²) in [7, 11) is 0. The van der Waals surface area contributed by atoms with Gasteiger partial charge in [0, 0.05) is 25.9 Å². The molecule has 21 heteroatoms. The molecule has 66 heavy (non-hydrogen) atoms. The minimum Gasteiger partial charge on any atom is -0.463 e. The van der Waals surface area contributed by atoms with Crippen LogP contribution in [0.1, 0.15) is 79.0 Å². The van der Waals surface area contributed by atoms with Gasteiger partial charge < -0.3 is 62.2 Å². The Balaban J connectivity index is 0.969. The molecule has 3 rings (SSSR count). The van der Waals surface area contributed by atoms with Crippen molar-refractivity contribution in [3.63, 3.8) is 0 Å². The second-order valence-corrected chi connectivity index (χ2v) is 14.7. The van der Waals surface area contributed by atoms with E-state index in [0.717, 1.165) is 24.2 Å². The Hall–Kier alpha value is -4.00. The van der Waals surface area contributed by atoms with Crippen molar-refractivity contribution < 1.29 is 85.6 Å². The lowest BCUT2D eigenvalue weighted by Crippen LogP contribution is -2.54. The lowest BCUT2D eigenvalue weighted by atomic mass is 10.0. The second-order valence-electron chi connectivity index (χ2n) is 14.7. The molecule has 1 aromatic rings. The average Bonchev–Trinajstić information content (AvgIpc) is 3.56. The Morgan fingerprint density at radius 1 is 0.561 bits per heavy atom. The molecule has 1 unspecified atom stereocenters. The fourth-order valence-corrected chi connectivity index (χ4v) is 6.29. The Morgan fingerprint density at radius 2 is 1.00 bits per heavy atom. The van der Waals surface area contributed by atoms with Crippen molar-refractivity contribution in [3.05, 3.63) is 29.3 Å². The highest BCUT2D eigenvalue weighted by atomic mass is 16.6. The number of amides is 5. The van der Waals surface area contributed by atoms with Gasteiger partial charge in [-0.3, -0.25) is 39.0 Å². The number of nitrogens with one attached hydrogen (secondary N) is 2. The van der Waals surface area contributed by atoms with E-state index in [2.05, 4.69) is 10.6 Å². The Bertz CT molecular complexity index is 1550. The van der Waals surface area contributed by atoms with Crippen molar-refractivity contribution >= 4 is 41.2 Å². The highest BCUT2D eigenvalue weighted by molar-refractivity contribution is 6.26. The normalized spacial score (nSPS) is 14.8. The van der Waals surface area contributed by atoms with Gasteiger partial charge >= 0.3 is 5.97 Å². The zero-order chi connectivity index (χ0) is 47.3. The smallest absolute Gasteiger partial charge is 0.305 e. The molecule has 0 saturated carbocycles. The van der Waals surface area contributed by atoms with Crippen LogP contribution in [0.25, 0.3) is 0 Å². The summed E-state index contributed by atoms with van der Waals surface area (Å²) in [6, 6.07) is 3.52. The standard InChI is InChI=1S/C45H71N3O18/c1-2-7-41(51)66-35-34-65-33-32-64-31-30-63-29-28-62-27-26-61-25-24-60-23-22-59-21-20-58-19-18-57-17-16-56-15-14-55-13-5-3-4-10-39(49)46-37-9-6-8-36-42(37)45(54)48(44(36)53)38-11-12-40(50)47-43(38)52/h6,8-9,38H,2-5,7,10-35H2,1H3,(H,46,49)(H,47,50,52). The van der Waals surface area contributed by atoms with Gasteiger partial charge in [-0.05, 0) is 37.8 Å². The molecule has 1 atom stereocenters. The molecule has 0 aliphatic carbocycles. The molecule has 374 valence electrons. The van der Waals surface area contributed by atoms with Gasteiger partial charge in [0.2, 0.25) is 17.7 Å². The first kappa shape index (κ1) is 56.3. The van der Waals surface area contributed by atoms with E-state index in [1.165, 1.54) is 6.07 Å². The third-order valence-corrected chi connectivity index (χ3v) is 9.60. The summed E-state index contributed by atoms with van der Waals surface area (Å²) < 4.78 is 65.3. The number of carbonyl (C=O) groups excluding carboxylic acids is 6. The lowest BCUT2D eigenvalue weighted by molar-refractivity contribution is -0.145. The third kappa shape index (κ3) is 24.7. The van der Waals surface area contributed by atoms with Gasteiger partial charge in [-0.25, -0.2) is 0 Å². The maximum absolute atomic E-state index is 13.2. The van der Waals surface area contributed by atoms with Crippen LogP contribution in [0.15, 0.2) is 18.2 Å². The topological polar surface area (TPSA) is 240 Å². The van der Waals surface area contributed by atoms with Crippen LogP contribution in [0.2, 0.25) is 0 Å². The molecule has 2 aliphatic heterocycles. The predicted molar refractivity (Wildman–Crippen MR) is 235 cm³/mol. The molecule has 2 aliphatic rings. The van der Waals surface area contributed by atoms with E-state index in [4.69, 9.17) is 56.8 Å². The van der Waals surface area contributed by atoms with Crippen LogP contribution >= 0.6 is 0 Å². The van der Waals surface area contributed by atoms with Crippen LogP contribution < -0.4 is 10.6 Å². The molecule has 2 heterocycles. The largest absolute Gasteiger partial charge is 0.463 e. The van der Waals surface area contributed by atoms with Gasteiger partial charge in [0.15, 0.2) is 0 Å². The number of rotatable bonds is 43. The van der Waals surface area contributed by atoms with Gasteiger partial charge in [-0.2, -0.15) is 0 Å². The second kappa shape index (κ2) is 37.0. The van der Waals surface area contributed by atoms with Crippen molar-refractivity contribution in [2.75, 3.05) is 157 Å². The van der Waals surface area contributed by atoms with E-state index in [1.54, 1.807) is 12.1 Å². The summed E-state index contributed by atoms with van der Waals surface area (Å²) >= 11 is 0. The number of ether oxygens (including phenoxy) is 12.